The number of phosphoric acid groups is 1. The normalized spacial score (nSPS) is 30.9. The first-order valence-electron chi connectivity index (χ1n) is 5.72. The third-order valence-electron chi connectivity index (χ3n) is 3.02. The van der Waals surface area contributed by atoms with Gasteiger partial charge in [-0.25, -0.2) is 4.57 Å². The van der Waals surface area contributed by atoms with Crippen molar-refractivity contribution in [3.63, 3.8) is 0 Å². The Morgan fingerprint density at radius 1 is 1.44 bits per heavy atom. The molecule has 18 heavy (non-hydrogen) atoms. The summed E-state index contributed by atoms with van der Waals surface area (Å²) in [4.78, 5) is 9.43. The molecule has 0 bridgehead atoms. The zero-order chi connectivity index (χ0) is 13.4. The maximum Gasteiger partial charge on any atom is 0.472 e. The highest BCUT2D eigenvalue weighted by Crippen LogP contribution is 2.58. The number of benzene rings is 1. The third kappa shape index (κ3) is 2.73. The molecule has 1 aliphatic heterocycles. The van der Waals surface area contributed by atoms with Gasteiger partial charge in [-0.3, -0.25) is 9.05 Å². The fourth-order valence-corrected chi connectivity index (χ4v) is 3.18. The molecule has 0 aliphatic carbocycles. The van der Waals surface area contributed by atoms with Crippen molar-refractivity contribution < 1.29 is 18.5 Å². The van der Waals surface area contributed by atoms with E-state index in [0.29, 0.717) is 0 Å². The largest absolute Gasteiger partial charge is 0.472 e. The quantitative estimate of drug-likeness (QED) is 0.833. The highest BCUT2D eigenvalue weighted by Gasteiger charge is 2.44. The van der Waals surface area contributed by atoms with Gasteiger partial charge in [0.05, 0.1) is 6.61 Å². The summed E-state index contributed by atoms with van der Waals surface area (Å²) in [5, 5.41) is 0. The predicted octanol–water partition coefficient (Wildman–Crippen LogP) is 3.54. The Hall–Kier alpha value is -0.930. The lowest BCUT2D eigenvalue weighted by Gasteiger charge is -2.39. The smallest absolute Gasteiger partial charge is 0.302 e. The van der Waals surface area contributed by atoms with Gasteiger partial charge in [0.15, 0.2) is 0 Å². The predicted molar refractivity (Wildman–Crippen MR) is 69.9 cm³/mol. The Morgan fingerprint density at radius 2 is 2.06 bits per heavy atom. The van der Waals surface area contributed by atoms with Crippen molar-refractivity contribution in [3.8, 4) is 0 Å². The van der Waals surface area contributed by atoms with Crippen LogP contribution in [0.25, 0.3) is 6.08 Å². The van der Waals surface area contributed by atoms with Crippen LogP contribution in [0.4, 0.5) is 0 Å². The van der Waals surface area contributed by atoms with E-state index in [4.69, 9.17) is 9.05 Å². The third-order valence-corrected chi connectivity index (χ3v) is 3.96. The maximum absolute atomic E-state index is 11.5. The van der Waals surface area contributed by atoms with Crippen molar-refractivity contribution in [2.45, 2.75) is 20.0 Å². The van der Waals surface area contributed by atoms with E-state index < -0.39 is 13.9 Å². The second-order valence-electron chi connectivity index (χ2n) is 5.09. The second-order valence-corrected chi connectivity index (χ2v) is 6.49. The summed E-state index contributed by atoms with van der Waals surface area (Å²) in [7, 11) is -3.93. The Bertz CT molecular complexity index is 492. The lowest BCUT2D eigenvalue weighted by atomic mass is 9.83. The fraction of sp³-hybridized carbons (Fsp3) is 0.385. The lowest BCUT2D eigenvalue weighted by Crippen LogP contribution is -2.33. The zero-order valence-corrected chi connectivity index (χ0v) is 11.4. The Balaban J connectivity index is 2.33. The molecule has 1 unspecified atom stereocenters. The van der Waals surface area contributed by atoms with Crippen LogP contribution in [-0.2, 0) is 13.6 Å². The Kier molecular flexibility index (Phi) is 3.47. The van der Waals surface area contributed by atoms with Gasteiger partial charge in [-0.1, -0.05) is 50.8 Å². The highest BCUT2D eigenvalue weighted by molar-refractivity contribution is 7.47. The molecule has 2 rings (SSSR count). The average molecular weight is 268 g/mol. The molecular formula is C13H17O4P. The van der Waals surface area contributed by atoms with Crippen LogP contribution in [0.3, 0.4) is 0 Å². The van der Waals surface area contributed by atoms with Crippen molar-refractivity contribution >= 4 is 13.9 Å². The molecule has 0 amide bonds. The standard InChI is InChI=1S/C13H17O4P/c1-4-10-5-7-11(8-6-10)12-13(2,3)9-16-18(14,15)17-12/h4-8,12H,1,9H2,2-3H3,(H,14,15)/t12-/m0/s1. The molecule has 0 aromatic heterocycles. The molecule has 2 atom stereocenters. The topological polar surface area (TPSA) is 55.8 Å². The molecule has 1 fully saturated rings. The molecule has 0 radical (unpaired) electrons. The molecule has 1 N–H and O–H groups in total. The van der Waals surface area contributed by atoms with E-state index in [-0.39, 0.29) is 12.0 Å². The summed E-state index contributed by atoms with van der Waals surface area (Å²) in [5.41, 5.74) is 1.51. The minimum atomic E-state index is -3.93. The molecule has 5 heteroatoms. The van der Waals surface area contributed by atoms with Crippen LogP contribution in [0.1, 0.15) is 31.1 Å². The number of hydrogen-bond donors (Lipinski definition) is 1. The molecule has 0 spiro atoms. The van der Waals surface area contributed by atoms with Gasteiger partial charge >= 0.3 is 7.82 Å². The molecule has 4 nitrogen and oxygen atoms in total. The minimum Gasteiger partial charge on any atom is -0.302 e. The Morgan fingerprint density at radius 3 is 2.61 bits per heavy atom. The summed E-state index contributed by atoms with van der Waals surface area (Å²) in [6.45, 7) is 7.76. The highest BCUT2D eigenvalue weighted by atomic mass is 31.2. The van der Waals surface area contributed by atoms with Gasteiger partial charge in [0.1, 0.15) is 6.10 Å². The van der Waals surface area contributed by atoms with Crippen molar-refractivity contribution in [2.24, 2.45) is 5.41 Å². The molecule has 0 saturated carbocycles. The van der Waals surface area contributed by atoms with Crippen LogP contribution < -0.4 is 0 Å². The summed E-state index contributed by atoms with van der Waals surface area (Å²) < 4.78 is 21.6. The van der Waals surface area contributed by atoms with Crippen LogP contribution in [0.2, 0.25) is 0 Å². The lowest BCUT2D eigenvalue weighted by molar-refractivity contribution is -0.0472. The van der Waals surface area contributed by atoms with E-state index in [1.54, 1.807) is 6.08 Å². The first kappa shape index (κ1) is 13.5. The van der Waals surface area contributed by atoms with Gasteiger partial charge in [0, 0.05) is 5.41 Å². The first-order chi connectivity index (χ1) is 8.34. The number of rotatable bonds is 2. The van der Waals surface area contributed by atoms with Gasteiger partial charge in [-0.15, -0.1) is 0 Å². The van der Waals surface area contributed by atoms with Crippen molar-refractivity contribution in [1.29, 1.82) is 0 Å². The minimum absolute atomic E-state index is 0.189. The van der Waals surface area contributed by atoms with Crippen LogP contribution in [-0.4, -0.2) is 11.5 Å². The van der Waals surface area contributed by atoms with E-state index >= 15 is 0 Å². The van der Waals surface area contributed by atoms with Crippen molar-refractivity contribution in [3.05, 3.63) is 42.0 Å². The monoisotopic (exact) mass is 268 g/mol. The first-order valence-corrected chi connectivity index (χ1v) is 7.22. The van der Waals surface area contributed by atoms with Gasteiger partial charge in [-0.2, -0.15) is 0 Å². The molecule has 1 aliphatic rings. The molecule has 1 aromatic rings. The maximum atomic E-state index is 11.5. The van der Waals surface area contributed by atoms with Gasteiger partial charge < -0.3 is 4.89 Å². The molecule has 1 aromatic carbocycles. The molecular weight excluding hydrogens is 251 g/mol. The summed E-state index contributed by atoms with van der Waals surface area (Å²) in [6.07, 6.45) is 1.29. The average Bonchev–Trinajstić information content (AvgIpc) is 2.33. The molecule has 1 heterocycles. The van der Waals surface area contributed by atoms with Gasteiger partial charge in [0.25, 0.3) is 0 Å². The number of hydrogen-bond acceptors (Lipinski definition) is 3. The Labute approximate surface area is 107 Å². The van der Waals surface area contributed by atoms with E-state index in [1.807, 2.05) is 38.1 Å². The second kappa shape index (κ2) is 4.63. The van der Waals surface area contributed by atoms with Crippen LogP contribution in [0.15, 0.2) is 30.8 Å². The summed E-state index contributed by atoms with van der Waals surface area (Å²) in [6, 6.07) is 7.57. The number of phosphoric ester groups is 1. The van der Waals surface area contributed by atoms with Crippen LogP contribution in [0.5, 0.6) is 0 Å². The van der Waals surface area contributed by atoms with Crippen molar-refractivity contribution in [1.82, 2.24) is 0 Å². The van der Waals surface area contributed by atoms with Crippen LogP contribution in [0, 0.1) is 5.41 Å². The van der Waals surface area contributed by atoms with E-state index in [0.717, 1.165) is 11.1 Å². The van der Waals surface area contributed by atoms with Gasteiger partial charge in [-0.05, 0) is 11.1 Å². The molecule has 1 saturated heterocycles. The van der Waals surface area contributed by atoms with E-state index in [1.165, 1.54) is 0 Å². The van der Waals surface area contributed by atoms with Gasteiger partial charge in [0.2, 0.25) is 0 Å². The van der Waals surface area contributed by atoms with Crippen molar-refractivity contribution in [2.75, 3.05) is 6.61 Å². The summed E-state index contributed by atoms with van der Waals surface area (Å²) in [5.74, 6) is 0. The molecule has 98 valence electrons. The zero-order valence-electron chi connectivity index (χ0n) is 10.5. The van der Waals surface area contributed by atoms with Crippen LogP contribution >= 0.6 is 7.82 Å². The van der Waals surface area contributed by atoms with E-state index in [2.05, 4.69) is 6.58 Å². The SMILES string of the molecule is C=Cc1ccc([C@@H]2OP(=O)(O)OCC2(C)C)cc1. The van der Waals surface area contributed by atoms with E-state index in [9.17, 15) is 9.46 Å². The fourth-order valence-electron chi connectivity index (χ4n) is 1.95. The summed E-state index contributed by atoms with van der Waals surface area (Å²) >= 11 is 0.